The monoisotopic (exact) mass is 226 g/mol. The van der Waals surface area contributed by atoms with Gasteiger partial charge in [-0.25, -0.2) is 0 Å². The Hall–Kier alpha value is -1.54. The van der Waals surface area contributed by atoms with E-state index in [2.05, 4.69) is 47.8 Å². The summed E-state index contributed by atoms with van der Waals surface area (Å²) in [6.45, 7) is 0. The Balaban J connectivity index is 1.81. The van der Waals surface area contributed by atoms with E-state index in [9.17, 15) is 0 Å². The van der Waals surface area contributed by atoms with Crippen LogP contribution in [0.1, 0.15) is 19.3 Å². The molecule has 0 saturated heterocycles. The van der Waals surface area contributed by atoms with Crippen LogP contribution in [0.5, 0.6) is 0 Å². The Kier molecular flexibility index (Phi) is 2.73. The second kappa shape index (κ2) is 4.38. The van der Waals surface area contributed by atoms with Crippen molar-refractivity contribution in [3.8, 4) is 0 Å². The maximum absolute atomic E-state index is 5.93. The first-order valence-corrected chi connectivity index (χ1v) is 6.32. The van der Waals surface area contributed by atoms with Gasteiger partial charge in [0, 0.05) is 17.8 Å². The van der Waals surface area contributed by atoms with Crippen LogP contribution < -0.4 is 11.1 Å². The standard InChI is InChI=1S/C15H18N2/c16-13-6-8-15(10-13)17-14-7-5-11-3-1-2-4-12(11)9-14/h1-5,7,9,13,15,17H,6,8,10,16H2. The molecule has 2 unspecified atom stereocenters. The predicted octanol–water partition coefficient (Wildman–Crippen LogP) is 3.13. The van der Waals surface area contributed by atoms with Crippen molar-refractivity contribution in [2.75, 3.05) is 5.32 Å². The van der Waals surface area contributed by atoms with E-state index >= 15 is 0 Å². The van der Waals surface area contributed by atoms with E-state index in [0.29, 0.717) is 12.1 Å². The van der Waals surface area contributed by atoms with E-state index in [4.69, 9.17) is 5.73 Å². The highest BCUT2D eigenvalue weighted by Crippen LogP contribution is 2.24. The topological polar surface area (TPSA) is 38.0 Å². The number of benzene rings is 2. The molecule has 0 amide bonds. The van der Waals surface area contributed by atoms with Crippen LogP contribution in [-0.4, -0.2) is 12.1 Å². The van der Waals surface area contributed by atoms with E-state index in [0.717, 1.165) is 12.8 Å². The molecule has 3 N–H and O–H groups in total. The van der Waals surface area contributed by atoms with Gasteiger partial charge >= 0.3 is 0 Å². The van der Waals surface area contributed by atoms with Crippen LogP contribution in [-0.2, 0) is 0 Å². The molecular formula is C15H18N2. The molecular weight excluding hydrogens is 208 g/mol. The van der Waals surface area contributed by atoms with Gasteiger partial charge in [-0.05, 0) is 42.2 Å². The van der Waals surface area contributed by atoms with Gasteiger partial charge in [-0.15, -0.1) is 0 Å². The first-order chi connectivity index (χ1) is 8.31. The van der Waals surface area contributed by atoms with Crippen LogP contribution in [0.15, 0.2) is 42.5 Å². The van der Waals surface area contributed by atoms with E-state index in [1.165, 1.54) is 22.9 Å². The molecule has 2 aromatic carbocycles. The van der Waals surface area contributed by atoms with Gasteiger partial charge < -0.3 is 11.1 Å². The van der Waals surface area contributed by atoms with Crippen molar-refractivity contribution < 1.29 is 0 Å². The molecule has 1 saturated carbocycles. The minimum absolute atomic E-state index is 0.382. The van der Waals surface area contributed by atoms with Gasteiger partial charge in [-0.2, -0.15) is 0 Å². The first kappa shape index (κ1) is 10.6. The average Bonchev–Trinajstić information content (AvgIpc) is 2.75. The van der Waals surface area contributed by atoms with Gasteiger partial charge in [0.2, 0.25) is 0 Å². The fraction of sp³-hybridized carbons (Fsp3) is 0.333. The van der Waals surface area contributed by atoms with Gasteiger partial charge in [-0.3, -0.25) is 0 Å². The lowest BCUT2D eigenvalue weighted by Gasteiger charge is -2.14. The van der Waals surface area contributed by atoms with Crippen LogP contribution >= 0.6 is 0 Å². The Labute approximate surface area is 102 Å². The molecule has 0 heterocycles. The average molecular weight is 226 g/mol. The molecule has 17 heavy (non-hydrogen) atoms. The lowest BCUT2D eigenvalue weighted by molar-refractivity contribution is 0.688. The zero-order valence-electron chi connectivity index (χ0n) is 9.89. The number of fused-ring (bicyclic) bond motifs is 1. The molecule has 1 aliphatic carbocycles. The van der Waals surface area contributed by atoms with Crippen LogP contribution in [0.2, 0.25) is 0 Å². The highest BCUT2D eigenvalue weighted by molar-refractivity contribution is 5.85. The van der Waals surface area contributed by atoms with Crippen molar-refractivity contribution in [2.24, 2.45) is 5.73 Å². The van der Waals surface area contributed by atoms with Crippen molar-refractivity contribution in [1.29, 1.82) is 0 Å². The first-order valence-electron chi connectivity index (χ1n) is 6.32. The number of hydrogen-bond donors (Lipinski definition) is 2. The lowest BCUT2D eigenvalue weighted by atomic mass is 10.1. The summed E-state index contributed by atoms with van der Waals surface area (Å²) in [6.07, 6.45) is 3.42. The summed E-state index contributed by atoms with van der Waals surface area (Å²) in [5.41, 5.74) is 7.14. The lowest BCUT2D eigenvalue weighted by Crippen LogP contribution is -2.20. The molecule has 88 valence electrons. The number of nitrogens with one attached hydrogen (secondary N) is 1. The second-order valence-corrected chi connectivity index (χ2v) is 4.98. The molecule has 3 rings (SSSR count). The Morgan fingerprint density at radius 2 is 1.82 bits per heavy atom. The quantitative estimate of drug-likeness (QED) is 0.825. The Bertz CT molecular complexity index is 521. The van der Waals surface area contributed by atoms with Crippen molar-refractivity contribution >= 4 is 16.5 Å². The fourth-order valence-electron chi connectivity index (χ4n) is 2.66. The molecule has 0 spiro atoms. The highest BCUT2D eigenvalue weighted by Gasteiger charge is 2.21. The minimum atomic E-state index is 0.382. The summed E-state index contributed by atoms with van der Waals surface area (Å²) in [6, 6.07) is 15.9. The summed E-state index contributed by atoms with van der Waals surface area (Å²) in [4.78, 5) is 0. The normalized spacial score (nSPS) is 24.1. The molecule has 1 fully saturated rings. The zero-order valence-corrected chi connectivity index (χ0v) is 9.89. The molecule has 0 bridgehead atoms. The van der Waals surface area contributed by atoms with Crippen molar-refractivity contribution in [2.45, 2.75) is 31.3 Å². The molecule has 0 aliphatic heterocycles. The molecule has 2 aromatic rings. The van der Waals surface area contributed by atoms with Crippen LogP contribution in [0.4, 0.5) is 5.69 Å². The number of hydrogen-bond acceptors (Lipinski definition) is 2. The third-order valence-corrected chi connectivity index (χ3v) is 3.59. The van der Waals surface area contributed by atoms with Crippen molar-refractivity contribution in [3.05, 3.63) is 42.5 Å². The van der Waals surface area contributed by atoms with Crippen LogP contribution in [0.3, 0.4) is 0 Å². The fourth-order valence-corrected chi connectivity index (χ4v) is 2.66. The largest absolute Gasteiger partial charge is 0.382 e. The maximum Gasteiger partial charge on any atom is 0.0348 e. The van der Waals surface area contributed by atoms with Crippen molar-refractivity contribution in [3.63, 3.8) is 0 Å². The third kappa shape index (κ3) is 2.27. The number of anilines is 1. The summed E-state index contributed by atoms with van der Waals surface area (Å²) >= 11 is 0. The summed E-state index contributed by atoms with van der Waals surface area (Å²) in [7, 11) is 0. The van der Waals surface area contributed by atoms with Crippen molar-refractivity contribution in [1.82, 2.24) is 0 Å². The van der Waals surface area contributed by atoms with Gasteiger partial charge in [0.25, 0.3) is 0 Å². The Morgan fingerprint density at radius 1 is 1.00 bits per heavy atom. The molecule has 2 nitrogen and oxygen atoms in total. The molecule has 2 atom stereocenters. The van der Waals surface area contributed by atoms with Crippen LogP contribution in [0, 0.1) is 0 Å². The second-order valence-electron chi connectivity index (χ2n) is 4.98. The SMILES string of the molecule is NC1CCC(Nc2ccc3ccccc3c2)C1. The molecule has 0 aromatic heterocycles. The smallest absolute Gasteiger partial charge is 0.0348 e. The summed E-state index contributed by atoms with van der Waals surface area (Å²) in [5, 5.41) is 6.17. The maximum atomic E-state index is 5.93. The van der Waals surface area contributed by atoms with E-state index in [1.54, 1.807) is 0 Å². The van der Waals surface area contributed by atoms with E-state index < -0.39 is 0 Å². The third-order valence-electron chi connectivity index (χ3n) is 3.59. The van der Waals surface area contributed by atoms with Gasteiger partial charge in [0.1, 0.15) is 0 Å². The summed E-state index contributed by atoms with van der Waals surface area (Å²) < 4.78 is 0. The Morgan fingerprint density at radius 3 is 2.59 bits per heavy atom. The zero-order chi connectivity index (χ0) is 11.7. The number of rotatable bonds is 2. The van der Waals surface area contributed by atoms with E-state index in [-0.39, 0.29) is 0 Å². The highest BCUT2D eigenvalue weighted by atomic mass is 14.9. The molecule has 2 heteroatoms. The summed E-state index contributed by atoms with van der Waals surface area (Å²) in [5.74, 6) is 0. The van der Waals surface area contributed by atoms with Gasteiger partial charge in [0.05, 0.1) is 0 Å². The van der Waals surface area contributed by atoms with Gasteiger partial charge in [-0.1, -0.05) is 30.3 Å². The minimum Gasteiger partial charge on any atom is -0.382 e. The van der Waals surface area contributed by atoms with E-state index in [1.807, 2.05) is 0 Å². The number of nitrogens with two attached hydrogens (primary N) is 1. The van der Waals surface area contributed by atoms with Gasteiger partial charge in [0.15, 0.2) is 0 Å². The van der Waals surface area contributed by atoms with Crippen LogP contribution in [0.25, 0.3) is 10.8 Å². The molecule has 0 radical (unpaired) electrons. The molecule has 1 aliphatic rings. The predicted molar refractivity (Wildman–Crippen MR) is 73.2 cm³/mol.